The number of fused-ring (bicyclic) bond motifs is 7. The summed E-state index contributed by atoms with van der Waals surface area (Å²) in [5, 5.41) is 23.8. The lowest BCUT2D eigenvalue weighted by Crippen LogP contribution is -2.65. The third-order valence-electron chi connectivity index (χ3n) is 12.7. The van der Waals surface area contributed by atoms with E-state index in [0.717, 1.165) is 51.4 Å². The maximum Gasteiger partial charge on any atom is 0.310 e. The topological polar surface area (TPSA) is 87.0 Å². The van der Waals surface area contributed by atoms with Crippen LogP contribution in [0.2, 0.25) is 0 Å². The Morgan fingerprint density at radius 1 is 0.971 bits per heavy atom. The number of ketones is 1. The van der Waals surface area contributed by atoms with Crippen LogP contribution in [-0.4, -0.2) is 27.8 Å². The standard InChI is InChI=1S/C30H45NO4/c1-25(2)12-14-30(24(33)34)15-13-28(6)18(19(30)16-25)8-9-22-27(5)17-20(31-35)23(32)26(3,4)21(27)10-11-29(22,28)7/h8,19,21-22,35H,9-17H2,1-7H3,(H,33,34)/b31-20-. The number of hydrogen-bond acceptors (Lipinski definition) is 4. The summed E-state index contributed by atoms with van der Waals surface area (Å²) in [6.45, 7) is 15.9. The number of nitrogens with zero attached hydrogens (tertiary/aromatic N) is 1. The van der Waals surface area contributed by atoms with Gasteiger partial charge in [-0.2, -0.15) is 0 Å². The zero-order chi connectivity index (χ0) is 25.8. The van der Waals surface area contributed by atoms with Crippen LogP contribution in [0.4, 0.5) is 0 Å². The minimum atomic E-state index is -0.624. The summed E-state index contributed by atoms with van der Waals surface area (Å²) < 4.78 is 0. The number of rotatable bonds is 1. The average Bonchev–Trinajstić information content (AvgIpc) is 2.76. The highest BCUT2D eigenvalue weighted by atomic mass is 16.4. The highest BCUT2D eigenvalue weighted by molar-refractivity contribution is 6.42. The third kappa shape index (κ3) is 2.96. The predicted molar refractivity (Wildman–Crippen MR) is 136 cm³/mol. The quantitative estimate of drug-likeness (QED) is 0.242. The number of carbonyl (C=O) groups is 2. The van der Waals surface area contributed by atoms with Crippen LogP contribution >= 0.6 is 0 Å². The summed E-state index contributed by atoms with van der Waals surface area (Å²) in [7, 11) is 0. The van der Waals surface area contributed by atoms with Crippen LogP contribution < -0.4 is 0 Å². The Labute approximate surface area is 210 Å². The molecule has 35 heavy (non-hydrogen) atoms. The molecule has 5 rings (SSSR count). The van der Waals surface area contributed by atoms with E-state index in [9.17, 15) is 19.9 Å². The van der Waals surface area contributed by atoms with Gasteiger partial charge in [-0.15, -0.1) is 0 Å². The van der Waals surface area contributed by atoms with Crippen LogP contribution in [0.25, 0.3) is 0 Å². The summed E-state index contributed by atoms with van der Waals surface area (Å²) in [6.07, 6.45) is 10.3. The number of aliphatic carboxylic acids is 1. The lowest BCUT2D eigenvalue weighted by Gasteiger charge is -2.70. The first kappa shape index (κ1) is 25.0. The summed E-state index contributed by atoms with van der Waals surface area (Å²) in [5.74, 6) is 0.114. The number of oxime groups is 1. The summed E-state index contributed by atoms with van der Waals surface area (Å²) >= 11 is 0. The SMILES string of the molecule is CC1(C)CCC2(C(=O)O)CCC3(C)C(=CCC4C5(C)C/C(=N/O)C(=O)C(C)(C)C5CCC43C)C2C1. The van der Waals surface area contributed by atoms with Crippen LogP contribution in [-0.2, 0) is 9.59 Å². The third-order valence-corrected chi connectivity index (χ3v) is 12.7. The molecule has 4 fully saturated rings. The molecule has 5 heteroatoms. The van der Waals surface area contributed by atoms with Crippen LogP contribution in [0.1, 0.15) is 106 Å². The average molecular weight is 484 g/mol. The molecule has 7 unspecified atom stereocenters. The monoisotopic (exact) mass is 483 g/mol. The molecule has 0 saturated heterocycles. The number of allylic oxidation sites excluding steroid dienone is 2. The summed E-state index contributed by atoms with van der Waals surface area (Å²) in [5.41, 5.74) is 0.575. The van der Waals surface area contributed by atoms with E-state index in [-0.39, 0.29) is 39.3 Å². The van der Waals surface area contributed by atoms with Gasteiger partial charge in [-0.25, -0.2) is 0 Å². The molecule has 5 aliphatic carbocycles. The fourth-order valence-electron chi connectivity index (χ4n) is 10.5. The summed E-state index contributed by atoms with van der Waals surface area (Å²) in [4.78, 5) is 25.9. The van der Waals surface area contributed by atoms with Gasteiger partial charge in [0.15, 0.2) is 5.78 Å². The Hall–Kier alpha value is -1.65. The van der Waals surface area contributed by atoms with E-state index in [0.29, 0.717) is 18.1 Å². The highest BCUT2D eigenvalue weighted by Gasteiger charge is 2.70. The van der Waals surface area contributed by atoms with Gasteiger partial charge in [0.1, 0.15) is 5.71 Å². The van der Waals surface area contributed by atoms with Gasteiger partial charge >= 0.3 is 5.97 Å². The molecule has 0 amide bonds. The van der Waals surface area contributed by atoms with Crippen molar-refractivity contribution in [2.45, 2.75) is 106 Å². The van der Waals surface area contributed by atoms with Gasteiger partial charge in [0.05, 0.1) is 5.41 Å². The van der Waals surface area contributed by atoms with Crippen molar-refractivity contribution in [2.24, 2.45) is 55.4 Å². The molecule has 2 N–H and O–H groups in total. The van der Waals surface area contributed by atoms with Crippen molar-refractivity contribution in [1.82, 2.24) is 0 Å². The molecule has 0 bridgehead atoms. The number of carboxylic acid groups (broad SMARTS) is 1. The van der Waals surface area contributed by atoms with Gasteiger partial charge in [-0.05, 0) is 90.8 Å². The molecular formula is C30H45NO4. The Kier molecular flexibility index (Phi) is 5.16. The van der Waals surface area contributed by atoms with Crippen molar-refractivity contribution in [3.05, 3.63) is 11.6 Å². The molecule has 0 aromatic rings. The highest BCUT2D eigenvalue weighted by Crippen LogP contribution is 2.75. The van der Waals surface area contributed by atoms with Crippen molar-refractivity contribution < 1.29 is 19.9 Å². The maximum atomic E-state index is 13.2. The van der Waals surface area contributed by atoms with E-state index in [1.54, 1.807) is 0 Å². The molecule has 0 aromatic heterocycles. The van der Waals surface area contributed by atoms with Crippen LogP contribution in [0, 0.1) is 50.2 Å². The van der Waals surface area contributed by atoms with Crippen LogP contribution in [0.15, 0.2) is 16.8 Å². The van der Waals surface area contributed by atoms with E-state index < -0.39 is 16.8 Å². The zero-order valence-corrected chi connectivity index (χ0v) is 22.8. The molecule has 5 nitrogen and oxygen atoms in total. The lowest BCUT2D eigenvalue weighted by atomic mass is 9.33. The van der Waals surface area contributed by atoms with Crippen molar-refractivity contribution in [1.29, 1.82) is 0 Å². The van der Waals surface area contributed by atoms with E-state index >= 15 is 0 Å². The second-order valence-corrected chi connectivity index (χ2v) is 15.0. The minimum absolute atomic E-state index is 0.00215. The summed E-state index contributed by atoms with van der Waals surface area (Å²) in [6, 6.07) is 0. The fourth-order valence-corrected chi connectivity index (χ4v) is 10.5. The van der Waals surface area contributed by atoms with Crippen LogP contribution in [0.3, 0.4) is 0 Å². The Morgan fingerprint density at radius 3 is 2.26 bits per heavy atom. The van der Waals surface area contributed by atoms with E-state index in [1.165, 1.54) is 5.57 Å². The second-order valence-electron chi connectivity index (χ2n) is 15.0. The van der Waals surface area contributed by atoms with Gasteiger partial charge in [0.25, 0.3) is 0 Å². The zero-order valence-electron chi connectivity index (χ0n) is 22.8. The largest absolute Gasteiger partial charge is 0.481 e. The first-order chi connectivity index (χ1) is 16.1. The van der Waals surface area contributed by atoms with Crippen molar-refractivity contribution in [2.75, 3.05) is 0 Å². The molecular weight excluding hydrogens is 438 g/mol. The first-order valence-corrected chi connectivity index (χ1v) is 13.8. The van der Waals surface area contributed by atoms with Gasteiger partial charge in [-0.3, -0.25) is 9.59 Å². The molecule has 0 radical (unpaired) electrons. The normalized spacial score (nSPS) is 49.2. The van der Waals surface area contributed by atoms with Gasteiger partial charge in [0, 0.05) is 11.8 Å². The molecule has 5 aliphatic rings. The van der Waals surface area contributed by atoms with E-state index in [4.69, 9.17) is 0 Å². The lowest BCUT2D eigenvalue weighted by molar-refractivity contribution is -0.181. The fraction of sp³-hybridized carbons (Fsp3) is 0.833. The van der Waals surface area contributed by atoms with Crippen molar-refractivity contribution in [3.8, 4) is 0 Å². The molecule has 0 aromatic carbocycles. The van der Waals surface area contributed by atoms with Gasteiger partial charge < -0.3 is 10.3 Å². The van der Waals surface area contributed by atoms with E-state index in [2.05, 4.69) is 45.9 Å². The minimum Gasteiger partial charge on any atom is -0.481 e. The first-order valence-electron chi connectivity index (χ1n) is 13.8. The van der Waals surface area contributed by atoms with E-state index in [1.807, 2.05) is 13.8 Å². The van der Waals surface area contributed by atoms with Gasteiger partial charge in [-0.1, -0.05) is 65.3 Å². The Morgan fingerprint density at radius 2 is 1.63 bits per heavy atom. The number of Topliss-reactive ketones (excluding diaryl/α,β-unsaturated/α-hetero) is 1. The molecule has 4 saturated carbocycles. The second kappa shape index (κ2) is 7.22. The molecule has 0 heterocycles. The van der Waals surface area contributed by atoms with Crippen molar-refractivity contribution >= 4 is 17.5 Å². The van der Waals surface area contributed by atoms with Crippen molar-refractivity contribution in [3.63, 3.8) is 0 Å². The Balaban J connectivity index is 1.63. The number of carboxylic acids is 1. The number of carbonyl (C=O) groups excluding carboxylic acids is 1. The molecule has 7 atom stereocenters. The Bertz CT molecular complexity index is 1040. The molecule has 194 valence electrons. The van der Waals surface area contributed by atoms with Crippen LogP contribution in [0.5, 0.6) is 0 Å². The molecule has 0 aliphatic heterocycles. The van der Waals surface area contributed by atoms with Gasteiger partial charge in [0.2, 0.25) is 0 Å². The predicted octanol–water partition coefficient (Wildman–Crippen LogP) is 6.88. The number of hydrogen-bond donors (Lipinski definition) is 2. The smallest absolute Gasteiger partial charge is 0.310 e. The maximum absolute atomic E-state index is 13.2. The molecule has 0 spiro atoms.